The van der Waals surface area contributed by atoms with E-state index in [4.69, 9.17) is 9.47 Å². The normalized spacial score (nSPS) is 12.5. The number of hydrogen-bond acceptors (Lipinski definition) is 4. The molecule has 0 saturated heterocycles. The molecule has 0 fully saturated rings. The van der Waals surface area contributed by atoms with E-state index in [2.05, 4.69) is 5.32 Å². The molecule has 108 valence electrons. The monoisotopic (exact) mass is 261 g/mol. The van der Waals surface area contributed by atoms with Gasteiger partial charge in [-0.2, -0.15) is 0 Å². The first-order valence-corrected chi connectivity index (χ1v) is 6.44. The van der Waals surface area contributed by atoms with Gasteiger partial charge in [0.05, 0.1) is 13.2 Å². The zero-order chi connectivity index (χ0) is 14.0. The summed E-state index contributed by atoms with van der Waals surface area (Å²) in [5.74, 6) is 0.0125. The van der Waals surface area contributed by atoms with Crippen LogP contribution in [0.5, 0.6) is 0 Å². The SMILES string of the molecule is CCC(C)C(=O)COCCOCC(=O)NC(C)C.[HH]. The summed E-state index contributed by atoms with van der Waals surface area (Å²) in [6.45, 7) is 8.44. The van der Waals surface area contributed by atoms with Gasteiger partial charge in [0.25, 0.3) is 0 Å². The number of rotatable bonds is 10. The van der Waals surface area contributed by atoms with Crippen LogP contribution in [-0.4, -0.2) is 44.2 Å². The molecular weight excluding hydrogens is 234 g/mol. The van der Waals surface area contributed by atoms with Gasteiger partial charge in [-0.15, -0.1) is 0 Å². The first-order valence-electron chi connectivity index (χ1n) is 6.44. The first kappa shape index (κ1) is 17.1. The Labute approximate surface area is 111 Å². The van der Waals surface area contributed by atoms with E-state index < -0.39 is 0 Å². The number of ketones is 1. The molecule has 5 nitrogen and oxygen atoms in total. The molecule has 0 aliphatic carbocycles. The molecular formula is C13H27NO4. The van der Waals surface area contributed by atoms with Crippen LogP contribution in [0.4, 0.5) is 0 Å². The molecule has 0 aromatic heterocycles. The van der Waals surface area contributed by atoms with Crippen LogP contribution in [0.2, 0.25) is 0 Å². The van der Waals surface area contributed by atoms with E-state index in [0.717, 1.165) is 6.42 Å². The van der Waals surface area contributed by atoms with Crippen molar-refractivity contribution in [2.45, 2.75) is 40.2 Å². The van der Waals surface area contributed by atoms with Crippen LogP contribution >= 0.6 is 0 Å². The van der Waals surface area contributed by atoms with E-state index in [0.29, 0.717) is 13.2 Å². The Bertz CT molecular complexity index is 259. The van der Waals surface area contributed by atoms with E-state index in [-0.39, 0.29) is 38.3 Å². The highest BCUT2D eigenvalue weighted by Gasteiger charge is 2.10. The van der Waals surface area contributed by atoms with Crippen molar-refractivity contribution in [3.63, 3.8) is 0 Å². The predicted octanol–water partition coefficient (Wildman–Crippen LogP) is 1.41. The Kier molecular flexibility index (Phi) is 9.50. The van der Waals surface area contributed by atoms with E-state index in [1.807, 2.05) is 27.7 Å². The van der Waals surface area contributed by atoms with Crippen molar-refractivity contribution in [1.82, 2.24) is 5.32 Å². The molecule has 0 aliphatic heterocycles. The molecule has 1 unspecified atom stereocenters. The second kappa shape index (κ2) is 10.0. The summed E-state index contributed by atoms with van der Waals surface area (Å²) >= 11 is 0. The molecule has 5 heteroatoms. The smallest absolute Gasteiger partial charge is 0.246 e. The van der Waals surface area contributed by atoms with Crippen molar-refractivity contribution in [1.29, 1.82) is 0 Å². The summed E-state index contributed by atoms with van der Waals surface area (Å²) < 4.78 is 10.3. The highest BCUT2D eigenvalue weighted by molar-refractivity contribution is 5.81. The zero-order valence-electron chi connectivity index (χ0n) is 11.8. The van der Waals surface area contributed by atoms with E-state index in [9.17, 15) is 9.59 Å². The average Bonchev–Trinajstić information content (AvgIpc) is 2.31. The molecule has 1 atom stereocenters. The minimum absolute atomic E-state index is 0. The van der Waals surface area contributed by atoms with Gasteiger partial charge in [0, 0.05) is 13.4 Å². The van der Waals surface area contributed by atoms with Crippen LogP contribution < -0.4 is 5.32 Å². The number of carbonyl (C=O) groups excluding carboxylic acids is 2. The van der Waals surface area contributed by atoms with Gasteiger partial charge < -0.3 is 14.8 Å². The predicted molar refractivity (Wildman–Crippen MR) is 71.5 cm³/mol. The lowest BCUT2D eigenvalue weighted by atomic mass is 10.1. The minimum atomic E-state index is -0.138. The summed E-state index contributed by atoms with van der Waals surface area (Å²) in [4.78, 5) is 22.6. The summed E-state index contributed by atoms with van der Waals surface area (Å²) in [6, 6.07) is 0.116. The summed E-state index contributed by atoms with van der Waals surface area (Å²) in [5, 5.41) is 2.72. The summed E-state index contributed by atoms with van der Waals surface area (Å²) in [5.41, 5.74) is 0. The summed E-state index contributed by atoms with van der Waals surface area (Å²) in [7, 11) is 0. The quantitative estimate of drug-likeness (QED) is 0.604. The van der Waals surface area contributed by atoms with Crippen LogP contribution in [0.1, 0.15) is 35.5 Å². The third kappa shape index (κ3) is 9.13. The van der Waals surface area contributed by atoms with Gasteiger partial charge in [-0.05, 0) is 20.3 Å². The Balaban J connectivity index is 0. The Morgan fingerprint density at radius 3 is 2.17 bits per heavy atom. The molecule has 0 aliphatic rings. The highest BCUT2D eigenvalue weighted by Crippen LogP contribution is 2.01. The van der Waals surface area contributed by atoms with E-state index in [1.54, 1.807) is 0 Å². The molecule has 0 saturated carbocycles. The van der Waals surface area contributed by atoms with Gasteiger partial charge in [-0.3, -0.25) is 9.59 Å². The maximum absolute atomic E-state index is 11.4. The maximum atomic E-state index is 11.4. The fourth-order valence-corrected chi connectivity index (χ4v) is 1.19. The highest BCUT2D eigenvalue weighted by atomic mass is 16.5. The Morgan fingerprint density at radius 2 is 1.67 bits per heavy atom. The number of ether oxygens (including phenoxy) is 2. The fourth-order valence-electron chi connectivity index (χ4n) is 1.19. The second-order valence-corrected chi connectivity index (χ2v) is 4.60. The van der Waals surface area contributed by atoms with Gasteiger partial charge >= 0.3 is 0 Å². The maximum Gasteiger partial charge on any atom is 0.246 e. The first-order chi connectivity index (χ1) is 8.47. The standard InChI is InChI=1S/C13H25NO4.H2/c1-5-11(4)12(15)8-17-6-7-18-9-13(16)14-10(2)3;/h10-11H,5-9H2,1-4H3,(H,14,16);1H. The van der Waals surface area contributed by atoms with Gasteiger partial charge in [-0.1, -0.05) is 13.8 Å². The lowest BCUT2D eigenvalue weighted by Gasteiger charge is -2.10. The van der Waals surface area contributed by atoms with Crippen molar-refractivity contribution >= 4 is 11.7 Å². The molecule has 0 rings (SSSR count). The van der Waals surface area contributed by atoms with Crippen LogP contribution in [0.15, 0.2) is 0 Å². The van der Waals surface area contributed by atoms with Crippen molar-refractivity contribution < 1.29 is 20.5 Å². The van der Waals surface area contributed by atoms with E-state index in [1.165, 1.54) is 0 Å². The molecule has 0 radical (unpaired) electrons. The van der Waals surface area contributed by atoms with Crippen molar-refractivity contribution in [2.75, 3.05) is 26.4 Å². The van der Waals surface area contributed by atoms with Crippen LogP contribution in [0, 0.1) is 5.92 Å². The molecule has 0 spiro atoms. The Hall–Kier alpha value is -0.940. The minimum Gasteiger partial charge on any atom is -0.371 e. The molecule has 0 aromatic carbocycles. The third-order valence-electron chi connectivity index (χ3n) is 2.46. The lowest BCUT2D eigenvalue weighted by Crippen LogP contribution is -2.33. The summed E-state index contributed by atoms with van der Waals surface area (Å²) in [6.07, 6.45) is 0.827. The van der Waals surface area contributed by atoms with Crippen molar-refractivity contribution in [3.05, 3.63) is 0 Å². The van der Waals surface area contributed by atoms with E-state index >= 15 is 0 Å². The molecule has 0 bridgehead atoms. The fraction of sp³-hybridized carbons (Fsp3) is 0.846. The second-order valence-electron chi connectivity index (χ2n) is 4.60. The number of amides is 1. The van der Waals surface area contributed by atoms with Crippen molar-refractivity contribution in [2.24, 2.45) is 5.92 Å². The van der Waals surface area contributed by atoms with Gasteiger partial charge in [0.15, 0.2) is 5.78 Å². The van der Waals surface area contributed by atoms with Crippen LogP contribution in [0.3, 0.4) is 0 Å². The average molecular weight is 261 g/mol. The number of hydrogen-bond donors (Lipinski definition) is 1. The van der Waals surface area contributed by atoms with Crippen LogP contribution in [0.25, 0.3) is 0 Å². The topological polar surface area (TPSA) is 64.6 Å². The van der Waals surface area contributed by atoms with Crippen molar-refractivity contribution in [3.8, 4) is 0 Å². The molecule has 18 heavy (non-hydrogen) atoms. The molecule has 1 amide bonds. The lowest BCUT2D eigenvalue weighted by molar-refractivity contribution is -0.130. The van der Waals surface area contributed by atoms with Gasteiger partial charge in [0.1, 0.15) is 13.2 Å². The number of Topliss-reactive ketones (excluding diaryl/α,β-unsaturated/α-hetero) is 1. The largest absolute Gasteiger partial charge is 0.371 e. The Morgan fingerprint density at radius 1 is 1.11 bits per heavy atom. The molecule has 0 heterocycles. The molecule has 0 aromatic rings. The number of nitrogens with one attached hydrogen (secondary N) is 1. The molecule has 1 N–H and O–H groups in total. The van der Waals surface area contributed by atoms with Gasteiger partial charge in [-0.25, -0.2) is 0 Å². The zero-order valence-corrected chi connectivity index (χ0v) is 11.8. The van der Waals surface area contributed by atoms with Crippen LogP contribution in [-0.2, 0) is 19.1 Å². The van der Waals surface area contributed by atoms with Gasteiger partial charge in [0.2, 0.25) is 5.91 Å². The number of carbonyl (C=O) groups is 2. The third-order valence-corrected chi connectivity index (χ3v) is 2.46.